The lowest BCUT2D eigenvalue weighted by molar-refractivity contribution is 0.102. The van der Waals surface area contributed by atoms with Gasteiger partial charge in [0, 0.05) is 30.9 Å². The summed E-state index contributed by atoms with van der Waals surface area (Å²) >= 11 is 0. The number of ether oxygens (including phenoxy) is 1. The number of piperidine rings is 1. The van der Waals surface area contributed by atoms with E-state index < -0.39 is 0 Å². The van der Waals surface area contributed by atoms with Gasteiger partial charge in [-0.05, 0) is 74.2 Å². The fourth-order valence-corrected chi connectivity index (χ4v) is 4.25. The summed E-state index contributed by atoms with van der Waals surface area (Å²) in [5, 5.41) is 8.86. The molecule has 7 nitrogen and oxygen atoms in total. The number of anilines is 3. The van der Waals surface area contributed by atoms with Crippen LogP contribution in [0.5, 0.6) is 5.75 Å². The first-order valence-electron chi connectivity index (χ1n) is 12.0. The molecule has 3 N–H and O–H groups in total. The predicted octanol–water partition coefficient (Wildman–Crippen LogP) is 5.57. The summed E-state index contributed by atoms with van der Waals surface area (Å²) in [6, 6.07) is 20.4. The molecule has 1 saturated heterocycles. The summed E-state index contributed by atoms with van der Waals surface area (Å²) in [6.45, 7) is 4.20. The van der Waals surface area contributed by atoms with Crippen molar-refractivity contribution in [1.29, 1.82) is 0 Å². The van der Waals surface area contributed by atoms with E-state index in [4.69, 9.17) is 4.74 Å². The van der Waals surface area contributed by atoms with Crippen molar-refractivity contribution in [3.05, 3.63) is 83.4 Å². The third kappa shape index (κ3) is 6.53. The van der Waals surface area contributed by atoms with E-state index in [1.54, 1.807) is 13.2 Å². The first-order chi connectivity index (χ1) is 17.0. The third-order valence-electron chi connectivity index (χ3n) is 6.07. The quantitative estimate of drug-likeness (QED) is 0.420. The smallest absolute Gasteiger partial charge is 0.319 e. The van der Waals surface area contributed by atoms with E-state index in [2.05, 4.69) is 20.9 Å². The highest BCUT2D eigenvalue weighted by Crippen LogP contribution is 2.31. The molecule has 3 aromatic carbocycles. The van der Waals surface area contributed by atoms with Gasteiger partial charge in [-0.15, -0.1) is 0 Å². The number of nitrogens with zero attached hydrogens (tertiary/aromatic N) is 1. The molecule has 7 heteroatoms. The second-order valence-corrected chi connectivity index (χ2v) is 8.76. The van der Waals surface area contributed by atoms with E-state index in [1.165, 1.54) is 6.42 Å². The Bertz CT molecular complexity index is 1190. The number of urea groups is 1. The molecule has 35 heavy (non-hydrogen) atoms. The molecule has 1 fully saturated rings. The average molecular weight is 473 g/mol. The van der Waals surface area contributed by atoms with Crippen LogP contribution in [0.4, 0.5) is 21.9 Å². The summed E-state index contributed by atoms with van der Waals surface area (Å²) in [7, 11) is 1.62. The van der Waals surface area contributed by atoms with Crippen molar-refractivity contribution in [1.82, 2.24) is 5.32 Å². The first-order valence-corrected chi connectivity index (χ1v) is 12.0. The van der Waals surface area contributed by atoms with Gasteiger partial charge in [-0.2, -0.15) is 0 Å². The molecule has 1 heterocycles. The number of rotatable bonds is 7. The summed E-state index contributed by atoms with van der Waals surface area (Å²) in [4.78, 5) is 27.9. The fraction of sp³-hybridized carbons (Fsp3) is 0.286. The molecule has 3 aromatic rings. The van der Waals surface area contributed by atoms with Crippen molar-refractivity contribution in [2.75, 3.05) is 35.7 Å². The van der Waals surface area contributed by atoms with Gasteiger partial charge in [-0.25, -0.2) is 4.79 Å². The molecule has 0 aliphatic carbocycles. The Morgan fingerprint density at radius 3 is 2.49 bits per heavy atom. The Balaban J connectivity index is 1.50. The van der Waals surface area contributed by atoms with Crippen LogP contribution in [0.3, 0.4) is 0 Å². The van der Waals surface area contributed by atoms with E-state index >= 15 is 0 Å². The predicted molar refractivity (Wildman–Crippen MR) is 140 cm³/mol. The molecule has 4 rings (SSSR count). The lowest BCUT2D eigenvalue weighted by Gasteiger charge is -2.31. The van der Waals surface area contributed by atoms with Gasteiger partial charge < -0.3 is 25.6 Å². The zero-order valence-electron chi connectivity index (χ0n) is 20.3. The summed E-state index contributed by atoms with van der Waals surface area (Å²) in [5.74, 6) is 0.557. The minimum absolute atomic E-state index is 0.187. The van der Waals surface area contributed by atoms with Crippen molar-refractivity contribution in [3.63, 3.8) is 0 Å². The maximum Gasteiger partial charge on any atom is 0.319 e. The monoisotopic (exact) mass is 472 g/mol. The highest BCUT2D eigenvalue weighted by molar-refractivity contribution is 6.05. The van der Waals surface area contributed by atoms with Crippen LogP contribution in [0.25, 0.3) is 0 Å². The van der Waals surface area contributed by atoms with Crippen molar-refractivity contribution in [2.24, 2.45) is 0 Å². The molecule has 0 unspecified atom stereocenters. The van der Waals surface area contributed by atoms with Crippen molar-refractivity contribution >= 4 is 29.0 Å². The first kappa shape index (κ1) is 24.1. The van der Waals surface area contributed by atoms with Gasteiger partial charge in [-0.1, -0.05) is 29.8 Å². The number of nitrogens with one attached hydrogen (secondary N) is 3. The van der Waals surface area contributed by atoms with Gasteiger partial charge in [0.1, 0.15) is 5.75 Å². The molecule has 0 saturated carbocycles. The minimum Gasteiger partial charge on any atom is -0.497 e. The molecule has 1 aliphatic heterocycles. The average Bonchev–Trinajstić information content (AvgIpc) is 2.88. The lowest BCUT2D eigenvalue weighted by Crippen LogP contribution is -2.32. The molecule has 0 aromatic heterocycles. The second kappa shape index (κ2) is 11.4. The van der Waals surface area contributed by atoms with Crippen LogP contribution in [0.2, 0.25) is 0 Å². The van der Waals surface area contributed by atoms with E-state index in [-0.39, 0.29) is 11.9 Å². The number of methoxy groups -OCH3 is 1. The molecule has 0 atom stereocenters. The van der Waals surface area contributed by atoms with Crippen LogP contribution in [0.15, 0.2) is 66.7 Å². The molecule has 3 amide bonds. The number of hydrogen-bond donors (Lipinski definition) is 3. The van der Waals surface area contributed by atoms with Gasteiger partial charge in [0.25, 0.3) is 5.91 Å². The Hall–Kier alpha value is -4.00. The maximum absolute atomic E-state index is 12.8. The largest absolute Gasteiger partial charge is 0.497 e. The highest BCUT2D eigenvalue weighted by Gasteiger charge is 2.17. The van der Waals surface area contributed by atoms with Gasteiger partial charge in [0.15, 0.2) is 0 Å². The third-order valence-corrected chi connectivity index (χ3v) is 6.07. The standard InChI is InChI=1S/C28H32N4O3/c1-20-8-6-10-22(16-20)27(33)30-23-12-13-26(32-14-4-3-5-15-32)25(18-23)31-28(34)29-19-21-9-7-11-24(17-21)35-2/h6-13,16-18H,3-5,14-15,19H2,1-2H3,(H,30,33)(H2,29,31,34). The van der Waals surface area contributed by atoms with Gasteiger partial charge in [0.05, 0.1) is 18.5 Å². The lowest BCUT2D eigenvalue weighted by atomic mass is 10.1. The summed E-state index contributed by atoms with van der Waals surface area (Å²) in [6.07, 6.45) is 3.45. The van der Waals surface area contributed by atoms with Crippen LogP contribution in [0.1, 0.15) is 40.7 Å². The molecular weight excluding hydrogens is 440 g/mol. The van der Waals surface area contributed by atoms with Crippen LogP contribution in [-0.2, 0) is 6.54 Å². The number of carbonyl (C=O) groups excluding carboxylic acids is 2. The second-order valence-electron chi connectivity index (χ2n) is 8.76. The maximum atomic E-state index is 12.8. The number of hydrogen-bond acceptors (Lipinski definition) is 4. The Morgan fingerprint density at radius 2 is 1.71 bits per heavy atom. The van der Waals surface area contributed by atoms with Gasteiger partial charge in [-0.3, -0.25) is 4.79 Å². The number of benzene rings is 3. The number of amides is 3. The van der Waals surface area contributed by atoms with E-state index in [1.807, 2.05) is 67.6 Å². The Kier molecular flexibility index (Phi) is 7.88. The van der Waals surface area contributed by atoms with Crippen LogP contribution >= 0.6 is 0 Å². The normalized spacial score (nSPS) is 13.1. The van der Waals surface area contributed by atoms with Crippen molar-refractivity contribution < 1.29 is 14.3 Å². The van der Waals surface area contributed by atoms with Crippen LogP contribution < -0.4 is 25.6 Å². The van der Waals surface area contributed by atoms with Crippen LogP contribution in [-0.4, -0.2) is 32.1 Å². The molecule has 1 aliphatic rings. The van der Waals surface area contributed by atoms with Crippen molar-refractivity contribution in [2.45, 2.75) is 32.7 Å². The van der Waals surface area contributed by atoms with Gasteiger partial charge >= 0.3 is 6.03 Å². The fourth-order valence-electron chi connectivity index (χ4n) is 4.25. The minimum atomic E-state index is -0.312. The molecule has 182 valence electrons. The Morgan fingerprint density at radius 1 is 0.914 bits per heavy atom. The molecule has 0 bridgehead atoms. The molecule has 0 spiro atoms. The van der Waals surface area contributed by atoms with Crippen LogP contribution in [0, 0.1) is 6.92 Å². The number of aryl methyl sites for hydroxylation is 1. The SMILES string of the molecule is COc1cccc(CNC(=O)Nc2cc(NC(=O)c3cccc(C)c3)ccc2N2CCCCC2)c1. The zero-order chi connectivity index (χ0) is 24.6. The van der Waals surface area contributed by atoms with E-state index in [9.17, 15) is 9.59 Å². The van der Waals surface area contributed by atoms with Gasteiger partial charge in [0.2, 0.25) is 0 Å². The molecular formula is C28H32N4O3. The van der Waals surface area contributed by atoms with E-state index in [0.29, 0.717) is 23.5 Å². The highest BCUT2D eigenvalue weighted by atomic mass is 16.5. The van der Waals surface area contributed by atoms with Crippen molar-refractivity contribution in [3.8, 4) is 5.75 Å². The number of carbonyl (C=O) groups is 2. The Labute approximate surface area is 206 Å². The molecule has 0 radical (unpaired) electrons. The van der Waals surface area contributed by atoms with E-state index in [0.717, 1.165) is 48.5 Å². The topological polar surface area (TPSA) is 82.7 Å². The summed E-state index contributed by atoms with van der Waals surface area (Å²) < 4.78 is 5.26. The summed E-state index contributed by atoms with van der Waals surface area (Å²) in [5.41, 5.74) is 4.80. The zero-order valence-corrected chi connectivity index (χ0v) is 20.3.